The van der Waals surface area contributed by atoms with Gasteiger partial charge in [-0.3, -0.25) is 4.90 Å². The molecule has 2 nitrogen and oxygen atoms in total. The molecule has 2 N–H and O–H groups in total. The maximum Gasteiger partial charge on any atom is 0.127 e. The van der Waals surface area contributed by atoms with Gasteiger partial charge in [0, 0.05) is 29.2 Å². The van der Waals surface area contributed by atoms with Crippen molar-refractivity contribution >= 4 is 15.9 Å². The van der Waals surface area contributed by atoms with Crippen molar-refractivity contribution in [2.45, 2.75) is 31.8 Å². The van der Waals surface area contributed by atoms with Crippen molar-refractivity contribution in [3.8, 4) is 0 Å². The fourth-order valence-corrected chi connectivity index (χ4v) is 2.83. The van der Waals surface area contributed by atoms with E-state index >= 15 is 0 Å². The Labute approximate surface area is 110 Å². The molecule has 0 spiro atoms. The van der Waals surface area contributed by atoms with Crippen LogP contribution < -0.4 is 5.73 Å². The van der Waals surface area contributed by atoms with E-state index in [-0.39, 0.29) is 5.82 Å². The standard InChI is InChI=1S/C13H18BrFN2/c14-11-4-5-13(15)10(7-11)9-17-6-2-1-3-12(17)8-16/h4-5,7,12H,1-3,6,8-9,16H2. The first-order valence-corrected chi connectivity index (χ1v) is 6.88. The van der Waals surface area contributed by atoms with Crippen molar-refractivity contribution in [1.82, 2.24) is 4.90 Å². The molecule has 1 aliphatic heterocycles. The van der Waals surface area contributed by atoms with E-state index in [9.17, 15) is 4.39 Å². The van der Waals surface area contributed by atoms with E-state index in [1.165, 1.54) is 18.9 Å². The molecular weight excluding hydrogens is 283 g/mol. The Morgan fingerprint density at radius 2 is 2.24 bits per heavy atom. The maximum atomic E-state index is 13.7. The number of hydrogen-bond donors (Lipinski definition) is 1. The van der Waals surface area contributed by atoms with E-state index in [1.54, 1.807) is 6.07 Å². The van der Waals surface area contributed by atoms with Crippen molar-refractivity contribution in [3.05, 3.63) is 34.1 Å². The molecule has 1 fully saturated rings. The minimum absolute atomic E-state index is 0.130. The molecule has 1 aliphatic rings. The van der Waals surface area contributed by atoms with Gasteiger partial charge in [0.25, 0.3) is 0 Å². The quantitative estimate of drug-likeness (QED) is 0.930. The normalized spacial score (nSPS) is 21.7. The van der Waals surface area contributed by atoms with Gasteiger partial charge < -0.3 is 5.73 Å². The molecule has 1 aromatic carbocycles. The van der Waals surface area contributed by atoms with E-state index in [4.69, 9.17) is 5.73 Å². The number of halogens is 2. The number of rotatable bonds is 3. The van der Waals surface area contributed by atoms with Crippen molar-refractivity contribution < 1.29 is 4.39 Å². The third-order valence-electron chi connectivity index (χ3n) is 3.40. The van der Waals surface area contributed by atoms with Crippen molar-refractivity contribution in [2.75, 3.05) is 13.1 Å². The molecule has 0 aromatic heterocycles. The number of piperidine rings is 1. The first-order chi connectivity index (χ1) is 8.20. The summed E-state index contributed by atoms with van der Waals surface area (Å²) in [6, 6.07) is 5.51. The summed E-state index contributed by atoms with van der Waals surface area (Å²) in [6.07, 6.45) is 3.55. The van der Waals surface area contributed by atoms with Crippen LogP contribution in [0.4, 0.5) is 4.39 Å². The van der Waals surface area contributed by atoms with Crippen LogP contribution in [0.3, 0.4) is 0 Å². The summed E-state index contributed by atoms with van der Waals surface area (Å²) < 4.78 is 14.6. The van der Waals surface area contributed by atoms with Crippen molar-refractivity contribution in [2.24, 2.45) is 5.73 Å². The van der Waals surface area contributed by atoms with Crippen LogP contribution in [-0.4, -0.2) is 24.0 Å². The molecule has 1 heterocycles. The second kappa shape index (κ2) is 5.94. The molecule has 1 saturated heterocycles. The fraction of sp³-hybridized carbons (Fsp3) is 0.538. The van der Waals surface area contributed by atoms with Gasteiger partial charge in [-0.05, 0) is 37.6 Å². The van der Waals surface area contributed by atoms with Crippen LogP contribution in [0.15, 0.2) is 22.7 Å². The first-order valence-electron chi connectivity index (χ1n) is 6.08. The zero-order chi connectivity index (χ0) is 12.3. The summed E-state index contributed by atoms with van der Waals surface area (Å²) in [4.78, 5) is 2.30. The molecule has 0 amide bonds. The zero-order valence-electron chi connectivity index (χ0n) is 9.83. The van der Waals surface area contributed by atoms with E-state index in [1.807, 2.05) is 6.07 Å². The lowest BCUT2D eigenvalue weighted by Gasteiger charge is -2.35. The van der Waals surface area contributed by atoms with Crippen LogP contribution in [-0.2, 0) is 6.54 Å². The molecule has 0 radical (unpaired) electrons. The summed E-state index contributed by atoms with van der Waals surface area (Å²) >= 11 is 3.38. The topological polar surface area (TPSA) is 29.3 Å². The van der Waals surface area contributed by atoms with Crippen LogP contribution >= 0.6 is 15.9 Å². The number of benzene rings is 1. The second-order valence-electron chi connectivity index (χ2n) is 4.59. The number of hydrogen-bond acceptors (Lipinski definition) is 2. The lowest BCUT2D eigenvalue weighted by Crippen LogP contribution is -2.43. The Morgan fingerprint density at radius 1 is 1.41 bits per heavy atom. The summed E-state index contributed by atoms with van der Waals surface area (Å²) in [6.45, 7) is 2.34. The Hall–Kier alpha value is -0.450. The van der Waals surface area contributed by atoms with E-state index in [2.05, 4.69) is 20.8 Å². The van der Waals surface area contributed by atoms with Gasteiger partial charge in [-0.15, -0.1) is 0 Å². The molecule has 4 heteroatoms. The average Bonchev–Trinajstić information content (AvgIpc) is 2.34. The van der Waals surface area contributed by atoms with Gasteiger partial charge in [-0.25, -0.2) is 4.39 Å². The molecule has 1 atom stereocenters. The minimum atomic E-state index is -0.130. The highest BCUT2D eigenvalue weighted by atomic mass is 79.9. The highest BCUT2D eigenvalue weighted by Crippen LogP contribution is 2.22. The van der Waals surface area contributed by atoms with Crippen molar-refractivity contribution in [1.29, 1.82) is 0 Å². The minimum Gasteiger partial charge on any atom is -0.329 e. The molecule has 0 bridgehead atoms. The van der Waals surface area contributed by atoms with Gasteiger partial charge in [0.15, 0.2) is 0 Å². The molecular formula is C13H18BrFN2. The molecule has 17 heavy (non-hydrogen) atoms. The van der Waals surface area contributed by atoms with Gasteiger partial charge in [0.05, 0.1) is 0 Å². The Bertz CT molecular complexity index is 384. The molecule has 94 valence electrons. The summed E-state index contributed by atoms with van der Waals surface area (Å²) in [7, 11) is 0. The fourth-order valence-electron chi connectivity index (χ4n) is 2.42. The van der Waals surface area contributed by atoms with E-state index in [0.717, 1.165) is 23.0 Å². The molecule has 1 unspecified atom stereocenters. The van der Waals surface area contributed by atoms with Gasteiger partial charge in [0.1, 0.15) is 5.82 Å². The van der Waals surface area contributed by atoms with Crippen molar-refractivity contribution in [3.63, 3.8) is 0 Å². The summed E-state index contributed by atoms with van der Waals surface area (Å²) in [5.41, 5.74) is 6.52. The third kappa shape index (κ3) is 3.27. The number of nitrogens with zero attached hydrogens (tertiary/aromatic N) is 1. The van der Waals surface area contributed by atoms with Crippen LogP contribution in [0.5, 0.6) is 0 Å². The van der Waals surface area contributed by atoms with Crippen LogP contribution in [0, 0.1) is 5.82 Å². The van der Waals surface area contributed by atoms with E-state index in [0.29, 0.717) is 19.1 Å². The smallest absolute Gasteiger partial charge is 0.127 e. The zero-order valence-corrected chi connectivity index (χ0v) is 11.4. The SMILES string of the molecule is NCC1CCCCN1Cc1cc(Br)ccc1F. The largest absolute Gasteiger partial charge is 0.329 e. The Balaban J connectivity index is 2.10. The van der Waals surface area contributed by atoms with E-state index < -0.39 is 0 Å². The second-order valence-corrected chi connectivity index (χ2v) is 5.51. The summed E-state index contributed by atoms with van der Waals surface area (Å²) in [5.74, 6) is -0.130. The maximum absolute atomic E-state index is 13.7. The van der Waals surface area contributed by atoms with Gasteiger partial charge in [-0.2, -0.15) is 0 Å². The predicted octanol–water partition coefficient (Wildman–Crippen LogP) is 2.90. The Morgan fingerprint density at radius 3 is 3.00 bits per heavy atom. The highest BCUT2D eigenvalue weighted by Gasteiger charge is 2.21. The monoisotopic (exact) mass is 300 g/mol. The third-order valence-corrected chi connectivity index (χ3v) is 3.90. The number of likely N-dealkylation sites (tertiary alicyclic amines) is 1. The Kier molecular flexibility index (Phi) is 4.54. The predicted molar refractivity (Wildman–Crippen MR) is 71.2 cm³/mol. The summed E-state index contributed by atoms with van der Waals surface area (Å²) in [5, 5.41) is 0. The number of nitrogens with two attached hydrogens (primary N) is 1. The lowest BCUT2D eigenvalue weighted by atomic mass is 10.0. The molecule has 2 rings (SSSR count). The van der Waals surface area contributed by atoms with Crippen LogP contribution in [0.25, 0.3) is 0 Å². The van der Waals surface area contributed by atoms with Gasteiger partial charge in [0.2, 0.25) is 0 Å². The molecule has 0 saturated carbocycles. The highest BCUT2D eigenvalue weighted by molar-refractivity contribution is 9.10. The molecule has 0 aliphatic carbocycles. The van der Waals surface area contributed by atoms with Gasteiger partial charge in [-0.1, -0.05) is 22.4 Å². The lowest BCUT2D eigenvalue weighted by molar-refractivity contribution is 0.143. The van der Waals surface area contributed by atoms with Crippen LogP contribution in [0.2, 0.25) is 0 Å². The van der Waals surface area contributed by atoms with Crippen LogP contribution in [0.1, 0.15) is 24.8 Å². The molecule has 1 aromatic rings. The average molecular weight is 301 g/mol. The first kappa shape index (κ1) is 13.0. The van der Waals surface area contributed by atoms with Gasteiger partial charge >= 0.3 is 0 Å².